The van der Waals surface area contributed by atoms with Crippen LogP contribution in [0.4, 0.5) is 0 Å². The first-order chi connectivity index (χ1) is 31.7. The van der Waals surface area contributed by atoms with Gasteiger partial charge >= 0.3 is 7.12 Å². The molecular weight excluding hydrogens is 820 g/mol. The van der Waals surface area contributed by atoms with E-state index in [4.69, 9.17) is 9.31 Å². The standard InChI is InChI=1S/C60H53BO2Si2/c1-59(2)60(3,4)63-61(62-59)50-43-57(64(51-27-15-7-16-28-51,52-29-17-8-18-30-52)55-39-35-48(36-40-55)46-23-11-5-12-24-46)45-58(44-50)65(53-31-19-9-20-32-53,54-33-21-10-22-34-54)56-41-37-49(38-42-56)47-25-13-6-14-26-47/h5-45H,1-4H3. The molecule has 1 aliphatic rings. The Morgan fingerprint density at radius 1 is 0.277 bits per heavy atom. The molecule has 0 spiro atoms. The van der Waals surface area contributed by atoms with Crippen LogP contribution in [0.1, 0.15) is 27.7 Å². The lowest BCUT2D eigenvalue weighted by atomic mass is 9.79. The number of hydrogen-bond acceptors (Lipinski definition) is 2. The molecule has 0 atom stereocenters. The molecule has 0 bridgehead atoms. The average molecular weight is 873 g/mol. The van der Waals surface area contributed by atoms with Gasteiger partial charge < -0.3 is 9.31 Å². The summed E-state index contributed by atoms with van der Waals surface area (Å²) in [6.07, 6.45) is 0. The van der Waals surface area contributed by atoms with Crippen LogP contribution in [0.15, 0.2) is 249 Å². The van der Waals surface area contributed by atoms with E-state index in [1.165, 1.54) is 63.7 Å². The lowest BCUT2D eigenvalue weighted by molar-refractivity contribution is 0.00578. The zero-order valence-corrected chi connectivity index (χ0v) is 39.6. The van der Waals surface area contributed by atoms with Gasteiger partial charge in [-0.15, -0.1) is 0 Å². The quantitative estimate of drug-likeness (QED) is 0.0968. The van der Waals surface area contributed by atoms with E-state index in [-0.39, 0.29) is 0 Å². The van der Waals surface area contributed by atoms with Gasteiger partial charge in [0.15, 0.2) is 16.1 Å². The van der Waals surface area contributed by atoms with E-state index in [2.05, 4.69) is 276 Å². The summed E-state index contributed by atoms with van der Waals surface area (Å²) in [5.41, 5.74) is 4.77. The number of rotatable bonds is 11. The van der Waals surface area contributed by atoms with Crippen LogP contribution < -0.4 is 47.0 Å². The van der Waals surface area contributed by atoms with E-state index >= 15 is 0 Å². The first-order valence-electron chi connectivity index (χ1n) is 22.8. The van der Waals surface area contributed by atoms with Gasteiger partial charge in [0.1, 0.15) is 0 Å². The molecule has 316 valence electrons. The second kappa shape index (κ2) is 17.4. The van der Waals surface area contributed by atoms with Crippen LogP contribution in [0, 0.1) is 0 Å². The number of benzene rings is 9. The third-order valence-electron chi connectivity index (χ3n) is 14.0. The summed E-state index contributed by atoms with van der Waals surface area (Å²) in [4.78, 5) is 0. The fourth-order valence-electron chi connectivity index (χ4n) is 10.0. The highest BCUT2D eigenvalue weighted by molar-refractivity contribution is 7.22. The van der Waals surface area contributed by atoms with Crippen molar-refractivity contribution in [3.63, 3.8) is 0 Å². The molecule has 5 heteroatoms. The smallest absolute Gasteiger partial charge is 0.399 e. The van der Waals surface area contributed by atoms with Crippen molar-refractivity contribution in [2.24, 2.45) is 0 Å². The highest BCUT2D eigenvalue weighted by Gasteiger charge is 2.53. The Hall–Kier alpha value is -6.60. The van der Waals surface area contributed by atoms with Crippen LogP contribution in [0.25, 0.3) is 22.3 Å². The zero-order chi connectivity index (χ0) is 44.5. The van der Waals surface area contributed by atoms with Crippen LogP contribution >= 0.6 is 0 Å². The summed E-state index contributed by atoms with van der Waals surface area (Å²) >= 11 is 0. The van der Waals surface area contributed by atoms with Gasteiger partial charge in [-0.1, -0.05) is 249 Å². The average Bonchev–Trinajstić information content (AvgIpc) is 3.59. The van der Waals surface area contributed by atoms with E-state index < -0.39 is 34.5 Å². The Morgan fingerprint density at radius 3 is 0.815 bits per heavy atom. The highest BCUT2D eigenvalue weighted by atomic mass is 28.3. The van der Waals surface area contributed by atoms with Gasteiger partial charge in [-0.2, -0.15) is 0 Å². The maximum absolute atomic E-state index is 7.06. The summed E-state index contributed by atoms with van der Waals surface area (Å²) in [7, 11) is -6.85. The molecule has 9 aromatic carbocycles. The Kier molecular flexibility index (Phi) is 11.3. The Morgan fingerprint density at radius 2 is 0.523 bits per heavy atom. The predicted molar refractivity (Wildman–Crippen MR) is 280 cm³/mol. The van der Waals surface area contributed by atoms with E-state index in [0.717, 1.165) is 5.46 Å². The molecule has 65 heavy (non-hydrogen) atoms. The van der Waals surface area contributed by atoms with Gasteiger partial charge in [0.2, 0.25) is 0 Å². The third kappa shape index (κ3) is 7.58. The van der Waals surface area contributed by atoms with Gasteiger partial charge in [0, 0.05) is 0 Å². The third-order valence-corrected chi connectivity index (χ3v) is 23.5. The Bertz CT molecular complexity index is 2720. The molecule has 1 fully saturated rings. The highest BCUT2D eigenvalue weighted by Crippen LogP contribution is 2.36. The van der Waals surface area contributed by atoms with E-state index in [1.807, 2.05) is 0 Å². The molecule has 0 aromatic heterocycles. The van der Waals surface area contributed by atoms with Crippen LogP contribution in [0.3, 0.4) is 0 Å². The predicted octanol–water partition coefficient (Wildman–Crippen LogP) is 8.07. The van der Waals surface area contributed by atoms with Crippen molar-refractivity contribution >= 4 is 70.2 Å². The molecule has 0 aliphatic carbocycles. The molecule has 9 aromatic rings. The van der Waals surface area contributed by atoms with Gasteiger partial charge in [0.25, 0.3) is 0 Å². The fraction of sp³-hybridized carbons (Fsp3) is 0.100. The molecule has 0 unspecified atom stereocenters. The van der Waals surface area contributed by atoms with Gasteiger partial charge in [0.05, 0.1) is 11.2 Å². The van der Waals surface area contributed by atoms with Crippen molar-refractivity contribution < 1.29 is 9.31 Å². The Balaban J connectivity index is 1.33. The van der Waals surface area contributed by atoms with Crippen molar-refractivity contribution in [2.75, 3.05) is 0 Å². The number of hydrogen-bond donors (Lipinski definition) is 0. The lowest BCUT2D eigenvalue weighted by Crippen LogP contribution is -2.78. The Labute approximate surface area is 387 Å². The maximum atomic E-state index is 7.06. The molecule has 10 rings (SSSR count). The van der Waals surface area contributed by atoms with Gasteiger partial charge in [-0.25, -0.2) is 0 Å². The van der Waals surface area contributed by atoms with E-state index in [0.29, 0.717) is 0 Å². The van der Waals surface area contributed by atoms with Crippen molar-refractivity contribution in [1.82, 2.24) is 0 Å². The summed E-state index contributed by atoms with van der Waals surface area (Å²) in [5.74, 6) is 0. The minimum atomic E-state index is -3.13. The molecule has 0 radical (unpaired) electrons. The second-order valence-electron chi connectivity index (χ2n) is 18.3. The van der Waals surface area contributed by atoms with Crippen molar-refractivity contribution in [3.8, 4) is 22.3 Å². The molecule has 1 saturated heterocycles. The zero-order valence-electron chi connectivity index (χ0n) is 37.6. The van der Waals surface area contributed by atoms with Crippen molar-refractivity contribution in [3.05, 3.63) is 249 Å². The summed E-state index contributed by atoms with van der Waals surface area (Å²) in [6, 6.07) is 92.8. The molecule has 2 nitrogen and oxygen atoms in total. The van der Waals surface area contributed by atoms with Crippen molar-refractivity contribution in [1.29, 1.82) is 0 Å². The fourth-order valence-corrected chi connectivity index (χ4v) is 19.8. The minimum absolute atomic E-state index is 0.533. The van der Waals surface area contributed by atoms with Crippen LogP contribution in [-0.2, 0) is 9.31 Å². The SMILES string of the molecule is CC1(C)OB(c2cc([Si](c3ccccc3)(c3ccccc3)c3ccc(-c4ccccc4)cc3)cc([Si](c3ccccc3)(c3ccccc3)c3ccc(-c4ccccc4)cc3)c2)OC1(C)C. The first kappa shape index (κ1) is 42.4. The maximum Gasteiger partial charge on any atom is 0.494 e. The molecule has 1 heterocycles. The van der Waals surface area contributed by atoms with Crippen molar-refractivity contribution in [2.45, 2.75) is 38.9 Å². The van der Waals surface area contributed by atoms with Gasteiger partial charge in [-0.3, -0.25) is 0 Å². The van der Waals surface area contributed by atoms with Crippen LogP contribution in [-0.4, -0.2) is 34.5 Å². The van der Waals surface area contributed by atoms with Crippen LogP contribution in [0.5, 0.6) is 0 Å². The van der Waals surface area contributed by atoms with E-state index in [1.54, 1.807) is 0 Å². The normalized spacial score (nSPS) is 14.6. The minimum Gasteiger partial charge on any atom is -0.399 e. The summed E-state index contributed by atoms with van der Waals surface area (Å²) in [6.45, 7) is 8.61. The summed E-state index contributed by atoms with van der Waals surface area (Å²) in [5, 5.41) is 10.5. The van der Waals surface area contributed by atoms with E-state index in [9.17, 15) is 0 Å². The molecule has 0 saturated carbocycles. The second-order valence-corrected chi connectivity index (χ2v) is 25.9. The molecule has 0 amide bonds. The summed E-state index contributed by atoms with van der Waals surface area (Å²) < 4.78 is 14.1. The largest absolute Gasteiger partial charge is 0.494 e. The first-order valence-corrected chi connectivity index (χ1v) is 26.8. The monoisotopic (exact) mass is 872 g/mol. The lowest BCUT2D eigenvalue weighted by Gasteiger charge is -2.38. The van der Waals surface area contributed by atoms with Gasteiger partial charge in [-0.05, 0) is 96.9 Å². The molecular formula is C60H53BO2Si2. The molecule has 0 N–H and O–H groups in total. The topological polar surface area (TPSA) is 18.5 Å². The van der Waals surface area contributed by atoms with Crippen LogP contribution in [0.2, 0.25) is 0 Å². The molecule has 1 aliphatic heterocycles.